The van der Waals surface area contributed by atoms with Crippen molar-refractivity contribution >= 4 is 23.0 Å². The number of rotatable bonds is 3. The van der Waals surface area contributed by atoms with Gasteiger partial charge in [0, 0.05) is 17.5 Å². The fourth-order valence-electron chi connectivity index (χ4n) is 3.48. The average Bonchev–Trinajstić information content (AvgIpc) is 2.63. The summed E-state index contributed by atoms with van der Waals surface area (Å²) >= 11 is 4.86. The van der Waals surface area contributed by atoms with Crippen LogP contribution in [0.1, 0.15) is 37.2 Å². The van der Waals surface area contributed by atoms with Crippen molar-refractivity contribution in [2.45, 2.75) is 26.1 Å². The molecular formula is C20H21F2N3OS. The molecule has 0 aromatic heterocycles. The summed E-state index contributed by atoms with van der Waals surface area (Å²) in [6.07, 6.45) is -0.688. The molecule has 4 atom stereocenters. The summed E-state index contributed by atoms with van der Waals surface area (Å²) in [6.45, 7) is 3.98. The normalized spacial score (nSPS) is 26.7. The van der Waals surface area contributed by atoms with E-state index in [9.17, 15) is 8.78 Å². The minimum Gasteiger partial charge on any atom is -0.375 e. The molecule has 0 spiro atoms. The van der Waals surface area contributed by atoms with Crippen molar-refractivity contribution in [1.82, 2.24) is 5.43 Å². The molecule has 2 aromatic rings. The zero-order valence-electron chi connectivity index (χ0n) is 15.0. The summed E-state index contributed by atoms with van der Waals surface area (Å²) in [5, 5.41) is 4.48. The van der Waals surface area contributed by atoms with E-state index in [2.05, 4.69) is 10.5 Å². The maximum absolute atomic E-state index is 13.3. The molecule has 1 heterocycles. The number of nitrogens with zero attached hydrogens (tertiary/aromatic N) is 1. The van der Waals surface area contributed by atoms with Gasteiger partial charge in [-0.05, 0) is 47.6 Å². The van der Waals surface area contributed by atoms with E-state index in [1.165, 1.54) is 24.3 Å². The summed E-state index contributed by atoms with van der Waals surface area (Å²) in [5.74, 6) is -0.808. The summed E-state index contributed by atoms with van der Waals surface area (Å²) in [4.78, 5) is 0. The number of hydrogen-bond donors (Lipinski definition) is 2. The first-order valence-corrected chi connectivity index (χ1v) is 9.07. The van der Waals surface area contributed by atoms with Crippen LogP contribution in [0.3, 0.4) is 0 Å². The molecule has 1 saturated heterocycles. The van der Waals surface area contributed by atoms with Gasteiger partial charge in [0.05, 0.1) is 12.2 Å². The van der Waals surface area contributed by atoms with Gasteiger partial charge in [-0.25, -0.2) is 8.78 Å². The van der Waals surface area contributed by atoms with E-state index < -0.39 is 0 Å². The minimum absolute atomic E-state index is 0.0741. The lowest BCUT2D eigenvalue weighted by atomic mass is 9.79. The molecule has 7 heteroatoms. The Morgan fingerprint density at radius 2 is 1.33 bits per heavy atom. The first-order valence-electron chi connectivity index (χ1n) is 8.66. The lowest BCUT2D eigenvalue weighted by Crippen LogP contribution is -2.40. The molecule has 3 N–H and O–H groups in total. The molecule has 0 unspecified atom stereocenters. The van der Waals surface area contributed by atoms with E-state index in [1.54, 1.807) is 24.3 Å². The van der Waals surface area contributed by atoms with Gasteiger partial charge in [0.2, 0.25) is 0 Å². The molecule has 0 saturated carbocycles. The van der Waals surface area contributed by atoms with E-state index in [1.807, 2.05) is 13.8 Å². The molecule has 1 fully saturated rings. The van der Waals surface area contributed by atoms with Gasteiger partial charge in [-0.15, -0.1) is 0 Å². The molecule has 1 aliphatic rings. The summed E-state index contributed by atoms with van der Waals surface area (Å²) < 4.78 is 33.1. The molecule has 2 aromatic carbocycles. The first kappa shape index (κ1) is 19.4. The number of nitrogens with one attached hydrogen (secondary N) is 1. The molecule has 0 bridgehead atoms. The quantitative estimate of drug-likeness (QED) is 0.609. The highest BCUT2D eigenvalue weighted by Crippen LogP contribution is 2.43. The number of benzene rings is 2. The van der Waals surface area contributed by atoms with Crippen molar-refractivity contribution in [1.29, 1.82) is 0 Å². The summed E-state index contributed by atoms with van der Waals surface area (Å²) in [5.41, 5.74) is 10.7. The lowest BCUT2D eigenvalue weighted by molar-refractivity contribution is -0.0638. The number of nitrogens with two attached hydrogens (primary N) is 1. The Bertz CT molecular complexity index is 780. The van der Waals surface area contributed by atoms with Crippen molar-refractivity contribution in [3.63, 3.8) is 0 Å². The van der Waals surface area contributed by atoms with Crippen LogP contribution in [0, 0.1) is 23.5 Å². The van der Waals surface area contributed by atoms with Gasteiger partial charge in [0.15, 0.2) is 5.11 Å². The van der Waals surface area contributed by atoms with E-state index in [0.29, 0.717) is 0 Å². The van der Waals surface area contributed by atoms with Crippen LogP contribution < -0.4 is 11.2 Å². The van der Waals surface area contributed by atoms with E-state index in [0.717, 1.165) is 16.8 Å². The molecule has 3 rings (SSSR count). The van der Waals surface area contributed by atoms with Crippen LogP contribution in [0.25, 0.3) is 0 Å². The SMILES string of the molecule is C[C@@H]1C(=NNC(N)=S)[C@@H](C)[C@H](c2ccc(F)cc2)O[C@@H]1c1ccc(F)cc1. The van der Waals surface area contributed by atoms with Gasteiger partial charge in [0.25, 0.3) is 0 Å². The molecule has 0 aliphatic carbocycles. The molecule has 4 nitrogen and oxygen atoms in total. The molecular weight excluding hydrogens is 368 g/mol. The highest BCUT2D eigenvalue weighted by atomic mass is 32.1. The maximum Gasteiger partial charge on any atom is 0.184 e. The third-order valence-electron chi connectivity index (χ3n) is 4.83. The monoisotopic (exact) mass is 389 g/mol. The van der Waals surface area contributed by atoms with Crippen molar-refractivity contribution in [3.05, 3.63) is 71.3 Å². The zero-order valence-corrected chi connectivity index (χ0v) is 15.8. The van der Waals surface area contributed by atoms with E-state index >= 15 is 0 Å². The lowest BCUT2D eigenvalue weighted by Gasteiger charge is -2.40. The van der Waals surface area contributed by atoms with Gasteiger partial charge in [-0.2, -0.15) is 5.10 Å². The van der Waals surface area contributed by atoms with Crippen LogP contribution in [-0.4, -0.2) is 10.8 Å². The highest BCUT2D eigenvalue weighted by molar-refractivity contribution is 7.80. The second kappa shape index (κ2) is 8.10. The predicted molar refractivity (Wildman–Crippen MR) is 105 cm³/mol. The number of hydrogen-bond acceptors (Lipinski definition) is 3. The van der Waals surface area contributed by atoms with E-state index in [4.69, 9.17) is 22.7 Å². The number of thiocarbonyl (C=S) groups is 1. The number of ether oxygens (including phenoxy) is 1. The van der Waals surface area contributed by atoms with E-state index in [-0.39, 0.29) is 40.8 Å². The second-order valence-corrected chi connectivity index (χ2v) is 7.11. The Kier molecular flexibility index (Phi) is 5.82. The Balaban J connectivity index is 2.00. The molecule has 1 aliphatic heterocycles. The van der Waals surface area contributed by atoms with Crippen LogP contribution >= 0.6 is 12.2 Å². The van der Waals surface area contributed by atoms with Crippen LogP contribution in [0.5, 0.6) is 0 Å². The molecule has 142 valence electrons. The first-order chi connectivity index (χ1) is 12.9. The Morgan fingerprint density at radius 1 is 0.926 bits per heavy atom. The molecule has 0 amide bonds. The second-order valence-electron chi connectivity index (χ2n) is 6.67. The maximum atomic E-state index is 13.3. The largest absolute Gasteiger partial charge is 0.375 e. The third kappa shape index (κ3) is 4.31. The van der Waals surface area contributed by atoms with Crippen molar-refractivity contribution in [3.8, 4) is 0 Å². The molecule has 27 heavy (non-hydrogen) atoms. The van der Waals surface area contributed by atoms with Crippen LogP contribution in [-0.2, 0) is 4.74 Å². The average molecular weight is 389 g/mol. The van der Waals surface area contributed by atoms with Gasteiger partial charge in [-0.3, -0.25) is 5.43 Å². The van der Waals surface area contributed by atoms with Gasteiger partial charge in [0.1, 0.15) is 11.6 Å². The van der Waals surface area contributed by atoms with Gasteiger partial charge in [-0.1, -0.05) is 38.1 Å². The Labute approximate surface area is 162 Å². The topological polar surface area (TPSA) is 59.6 Å². The van der Waals surface area contributed by atoms with Gasteiger partial charge < -0.3 is 10.5 Å². The molecule has 0 radical (unpaired) electrons. The number of hydrazone groups is 1. The van der Waals surface area contributed by atoms with Crippen molar-refractivity contribution < 1.29 is 13.5 Å². The van der Waals surface area contributed by atoms with Crippen LogP contribution in [0.4, 0.5) is 8.78 Å². The Morgan fingerprint density at radius 3 is 1.70 bits per heavy atom. The fourth-order valence-corrected chi connectivity index (χ4v) is 3.53. The van der Waals surface area contributed by atoms with Crippen molar-refractivity contribution in [2.75, 3.05) is 0 Å². The van der Waals surface area contributed by atoms with Crippen LogP contribution in [0.15, 0.2) is 53.6 Å². The highest BCUT2D eigenvalue weighted by Gasteiger charge is 2.40. The Hall–Kier alpha value is -2.38. The zero-order chi connectivity index (χ0) is 19.6. The summed E-state index contributed by atoms with van der Waals surface area (Å²) in [7, 11) is 0. The predicted octanol–water partition coefficient (Wildman–Crippen LogP) is 4.24. The van der Waals surface area contributed by atoms with Crippen LogP contribution in [0.2, 0.25) is 0 Å². The smallest absolute Gasteiger partial charge is 0.184 e. The van der Waals surface area contributed by atoms with Gasteiger partial charge >= 0.3 is 0 Å². The minimum atomic E-state index is -0.344. The third-order valence-corrected chi connectivity index (χ3v) is 4.92. The standard InChI is InChI=1S/C20H21F2N3OS/c1-11-17(24-25-20(23)27)12(2)19(14-5-9-16(22)10-6-14)26-18(11)13-3-7-15(21)8-4-13/h3-12,18-19H,1-2H3,(H3,23,25,27)/t11-,12-,18-,19+/m1/s1. The summed E-state index contributed by atoms with van der Waals surface area (Å²) in [6, 6.07) is 12.4. The number of halogens is 2. The fraction of sp³-hybridized carbons (Fsp3) is 0.300. The van der Waals surface area contributed by atoms with Crippen molar-refractivity contribution in [2.24, 2.45) is 22.7 Å².